The molecule has 1 saturated heterocycles. The van der Waals surface area contributed by atoms with Crippen LogP contribution in [0, 0.1) is 11.8 Å². The summed E-state index contributed by atoms with van der Waals surface area (Å²) >= 11 is 0. The lowest BCUT2D eigenvalue weighted by Crippen LogP contribution is -2.46. The van der Waals surface area contributed by atoms with E-state index in [1.54, 1.807) is 12.5 Å². The van der Waals surface area contributed by atoms with Crippen LogP contribution < -0.4 is 5.32 Å². The molecule has 1 aliphatic heterocycles. The van der Waals surface area contributed by atoms with Crippen molar-refractivity contribution in [2.45, 2.75) is 25.9 Å². The van der Waals surface area contributed by atoms with Gasteiger partial charge in [0.1, 0.15) is 17.3 Å². The Morgan fingerprint density at radius 2 is 1.42 bits per heavy atom. The predicted octanol–water partition coefficient (Wildman–Crippen LogP) is 3.10. The molecule has 2 aromatic rings. The van der Waals surface area contributed by atoms with Gasteiger partial charge in [0.15, 0.2) is 0 Å². The van der Waals surface area contributed by atoms with E-state index in [2.05, 4.69) is 5.32 Å². The maximum absolute atomic E-state index is 12.4. The maximum Gasteiger partial charge on any atom is 0.142 e. The first-order valence-corrected chi connectivity index (χ1v) is 6.55. The molecule has 0 unspecified atom stereocenters. The van der Waals surface area contributed by atoms with Crippen molar-refractivity contribution < 1.29 is 13.6 Å². The molecular formula is C15H17NO3. The van der Waals surface area contributed by atoms with Crippen molar-refractivity contribution in [3.63, 3.8) is 0 Å². The standard InChI is InChI=1S/C15H17NO3/c1-9-13(11-5-3-7-18-11)16-14(10(2)15(9)17)12-6-4-8-19-12/h3-10,13-14,16H,1-2H3/t9-,10+,13-,14-/m1/s1. The molecule has 0 radical (unpaired) electrons. The number of carbonyl (C=O) groups excluding carboxylic acids is 1. The summed E-state index contributed by atoms with van der Waals surface area (Å²) in [6.45, 7) is 3.88. The molecule has 100 valence electrons. The Kier molecular flexibility index (Phi) is 3.03. The summed E-state index contributed by atoms with van der Waals surface area (Å²) in [6, 6.07) is 7.28. The zero-order valence-corrected chi connectivity index (χ0v) is 11.0. The molecular weight excluding hydrogens is 242 g/mol. The normalized spacial score (nSPS) is 31.6. The van der Waals surface area contributed by atoms with Crippen LogP contribution in [0.3, 0.4) is 0 Å². The molecule has 1 aliphatic rings. The molecule has 0 amide bonds. The molecule has 3 rings (SSSR count). The number of hydrogen-bond acceptors (Lipinski definition) is 4. The third-order valence-corrected chi connectivity index (χ3v) is 3.96. The molecule has 0 aromatic carbocycles. The fourth-order valence-corrected chi connectivity index (χ4v) is 2.82. The minimum absolute atomic E-state index is 0.103. The van der Waals surface area contributed by atoms with Crippen molar-refractivity contribution in [3.8, 4) is 0 Å². The van der Waals surface area contributed by atoms with Crippen molar-refractivity contribution in [2.24, 2.45) is 11.8 Å². The zero-order valence-electron chi connectivity index (χ0n) is 11.0. The Labute approximate surface area is 111 Å². The second kappa shape index (κ2) is 4.70. The molecule has 1 N–H and O–H groups in total. The van der Waals surface area contributed by atoms with E-state index >= 15 is 0 Å². The van der Waals surface area contributed by atoms with Gasteiger partial charge in [-0.1, -0.05) is 13.8 Å². The van der Waals surface area contributed by atoms with Gasteiger partial charge in [0, 0.05) is 11.8 Å². The smallest absolute Gasteiger partial charge is 0.142 e. The summed E-state index contributed by atoms with van der Waals surface area (Å²) in [5, 5.41) is 3.48. The molecule has 0 aliphatic carbocycles. The van der Waals surface area contributed by atoms with E-state index in [0.29, 0.717) is 0 Å². The molecule has 0 saturated carbocycles. The molecule has 3 heterocycles. The van der Waals surface area contributed by atoms with E-state index in [0.717, 1.165) is 11.5 Å². The Balaban J connectivity index is 1.93. The largest absolute Gasteiger partial charge is 0.468 e. The molecule has 4 heteroatoms. The number of rotatable bonds is 2. The van der Waals surface area contributed by atoms with E-state index in [4.69, 9.17) is 8.83 Å². The van der Waals surface area contributed by atoms with Crippen molar-refractivity contribution >= 4 is 5.78 Å². The number of piperidine rings is 1. The SMILES string of the molecule is C[C@@H]1C(=O)[C@H](C)[C@H](c2ccco2)N[C@H]1c1ccco1. The van der Waals surface area contributed by atoms with Crippen LogP contribution in [0.5, 0.6) is 0 Å². The van der Waals surface area contributed by atoms with Crippen LogP contribution in [0.1, 0.15) is 37.5 Å². The molecule has 4 atom stereocenters. The van der Waals surface area contributed by atoms with E-state index in [-0.39, 0.29) is 29.7 Å². The Bertz CT molecular complexity index is 496. The first-order chi connectivity index (χ1) is 9.18. The molecule has 0 spiro atoms. The fourth-order valence-electron chi connectivity index (χ4n) is 2.82. The quantitative estimate of drug-likeness (QED) is 0.900. The Morgan fingerprint density at radius 3 is 1.79 bits per heavy atom. The van der Waals surface area contributed by atoms with E-state index in [1.807, 2.05) is 38.1 Å². The monoisotopic (exact) mass is 259 g/mol. The number of Topliss-reactive ketones (excluding diaryl/α,β-unsaturated/α-hetero) is 1. The van der Waals surface area contributed by atoms with Gasteiger partial charge in [0.25, 0.3) is 0 Å². The number of furan rings is 2. The second-order valence-corrected chi connectivity index (χ2v) is 5.13. The fraction of sp³-hybridized carbons (Fsp3) is 0.400. The van der Waals surface area contributed by atoms with E-state index in [9.17, 15) is 4.79 Å². The minimum Gasteiger partial charge on any atom is -0.468 e. The van der Waals surface area contributed by atoms with Crippen LogP contribution in [-0.4, -0.2) is 5.78 Å². The van der Waals surface area contributed by atoms with Crippen LogP contribution in [0.2, 0.25) is 0 Å². The van der Waals surface area contributed by atoms with Crippen LogP contribution in [0.25, 0.3) is 0 Å². The summed E-state index contributed by atoms with van der Waals surface area (Å²) in [6.07, 6.45) is 3.27. The number of hydrogen-bond donors (Lipinski definition) is 1. The van der Waals surface area contributed by atoms with Gasteiger partial charge in [-0.25, -0.2) is 0 Å². The Morgan fingerprint density at radius 1 is 0.947 bits per heavy atom. The molecule has 0 bridgehead atoms. The lowest BCUT2D eigenvalue weighted by molar-refractivity contribution is -0.131. The van der Waals surface area contributed by atoms with Crippen molar-refractivity contribution in [2.75, 3.05) is 0 Å². The average molecular weight is 259 g/mol. The highest BCUT2D eigenvalue weighted by Crippen LogP contribution is 2.38. The molecule has 2 aromatic heterocycles. The zero-order chi connectivity index (χ0) is 13.4. The number of carbonyl (C=O) groups is 1. The molecule has 1 fully saturated rings. The highest BCUT2D eigenvalue weighted by Gasteiger charge is 2.42. The molecule has 19 heavy (non-hydrogen) atoms. The van der Waals surface area contributed by atoms with Crippen LogP contribution in [0.15, 0.2) is 45.6 Å². The summed E-state index contributed by atoms with van der Waals surface area (Å²) in [5.41, 5.74) is 0. The van der Waals surface area contributed by atoms with Gasteiger partial charge in [-0.05, 0) is 24.3 Å². The van der Waals surface area contributed by atoms with E-state index < -0.39 is 0 Å². The van der Waals surface area contributed by atoms with Crippen molar-refractivity contribution in [1.29, 1.82) is 0 Å². The van der Waals surface area contributed by atoms with Crippen LogP contribution in [-0.2, 0) is 4.79 Å². The van der Waals surface area contributed by atoms with Crippen LogP contribution in [0.4, 0.5) is 0 Å². The predicted molar refractivity (Wildman–Crippen MR) is 69.4 cm³/mol. The average Bonchev–Trinajstić information content (AvgIpc) is 3.08. The van der Waals surface area contributed by atoms with Crippen molar-refractivity contribution in [3.05, 3.63) is 48.3 Å². The lowest BCUT2D eigenvalue weighted by atomic mass is 9.79. The third kappa shape index (κ3) is 2.02. The highest BCUT2D eigenvalue weighted by atomic mass is 16.3. The minimum atomic E-state index is -0.104. The summed E-state index contributed by atoms with van der Waals surface area (Å²) in [4.78, 5) is 12.4. The topological polar surface area (TPSA) is 55.4 Å². The second-order valence-electron chi connectivity index (χ2n) is 5.13. The molecule has 4 nitrogen and oxygen atoms in total. The first kappa shape index (κ1) is 12.2. The van der Waals surface area contributed by atoms with Gasteiger partial charge in [-0.3, -0.25) is 10.1 Å². The van der Waals surface area contributed by atoms with E-state index in [1.165, 1.54) is 0 Å². The van der Waals surface area contributed by atoms with Crippen molar-refractivity contribution in [1.82, 2.24) is 5.32 Å². The van der Waals surface area contributed by atoms with Gasteiger partial charge < -0.3 is 8.83 Å². The number of nitrogens with one attached hydrogen (secondary N) is 1. The Hall–Kier alpha value is -1.81. The van der Waals surface area contributed by atoms with Gasteiger partial charge in [-0.15, -0.1) is 0 Å². The van der Waals surface area contributed by atoms with Gasteiger partial charge in [0.05, 0.1) is 24.6 Å². The number of ketones is 1. The highest BCUT2D eigenvalue weighted by molar-refractivity contribution is 5.85. The summed E-state index contributed by atoms with van der Waals surface area (Å²) in [5.74, 6) is 1.62. The maximum atomic E-state index is 12.4. The summed E-state index contributed by atoms with van der Waals surface area (Å²) < 4.78 is 10.9. The lowest BCUT2D eigenvalue weighted by Gasteiger charge is -2.37. The van der Waals surface area contributed by atoms with Gasteiger partial charge in [0.2, 0.25) is 0 Å². The van der Waals surface area contributed by atoms with Gasteiger partial charge >= 0.3 is 0 Å². The van der Waals surface area contributed by atoms with Crippen LogP contribution >= 0.6 is 0 Å². The first-order valence-electron chi connectivity index (χ1n) is 6.55. The third-order valence-electron chi connectivity index (χ3n) is 3.96. The summed E-state index contributed by atoms with van der Waals surface area (Å²) in [7, 11) is 0. The van der Waals surface area contributed by atoms with Gasteiger partial charge in [-0.2, -0.15) is 0 Å².